The largest absolute Gasteiger partial charge is 0.391 e. The molecule has 1 aliphatic rings. The van der Waals surface area contributed by atoms with Crippen molar-refractivity contribution in [3.63, 3.8) is 0 Å². The van der Waals surface area contributed by atoms with Crippen molar-refractivity contribution in [3.05, 3.63) is 71.5 Å². The third-order valence-corrected chi connectivity index (χ3v) is 4.52. The van der Waals surface area contributed by atoms with E-state index in [9.17, 15) is 9.50 Å². The van der Waals surface area contributed by atoms with Crippen molar-refractivity contribution in [2.45, 2.75) is 25.5 Å². The third kappa shape index (κ3) is 3.37. The lowest BCUT2D eigenvalue weighted by Crippen LogP contribution is -2.46. The second kappa shape index (κ2) is 6.59. The number of hydrogen-bond donors (Lipinski definition) is 1. The average molecular weight is 299 g/mol. The summed E-state index contributed by atoms with van der Waals surface area (Å²) in [4.78, 5) is 2.30. The predicted octanol–water partition coefficient (Wildman–Crippen LogP) is 3.42. The molecule has 116 valence electrons. The fraction of sp³-hybridized carbons (Fsp3) is 0.368. The minimum Gasteiger partial charge on any atom is -0.391 e. The lowest BCUT2D eigenvalue weighted by molar-refractivity contribution is 0.0194. The lowest BCUT2D eigenvalue weighted by atomic mass is 9.79. The molecule has 0 saturated carbocycles. The van der Waals surface area contributed by atoms with Gasteiger partial charge in [-0.1, -0.05) is 49.4 Å². The van der Waals surface area contributed by atoms with Crippen LogP contribution in [0.3, 0.4) is 0 Å². The van der Waals surface area contributed by atoms with Gasteiger partial charge in [0.15, 0.2) is 0 Å². The number of β-amino-alcohol motifs (C(OH)–C–C–N with tert-alkyl or cyclic N) is 1. The number of aliphatic hydroxyl groups is 1. The summed E-state index contributed by atoms with van der Waals surface area (Å²) in [6.45, 7) is 4.61. The van der Waals surface area contributed by atoms with Crippen LogP contribution in [0.25, 0.3) is 0 Å². The van der Waals surface area contributed by atoms with Crippen molar-refractivity contribution < 1.29 is 9.50 Å². The van der Waals surface area contributed by atoms with Gasteiger partial charge in [0.05, 0.1) is 6.10 Å². The van der Waals surface area contributed by atoms with Crippen LogP contribution >= 0.6 is 0 Å². The minimum atomic E-state index is -0.419. The van der Waals surface area contributed by atoms with E-state index in [1.165, 1.54) is 17.7 Å². The smallest absolute Gasteiger partial charge is 0.123 e. The highest BCUT2D eigenvalue weighted by Crippen LogP contribution is 2.33. The highest BCUT2D eigenvalue weighted by molar-refractivity contribution is 5.24. The Morgan fingerprint density at radius 3 is 2.36 bits per heavy atom. The highest BCUT2D eigenvalue weighted by Gasteiger charge is 2.34. The molecule has 1 heterocycles. The van der Waals surface area contributed by atoms with Gasteiger partial charge in [-0.2, -0.15) is 0 Å². The predicted molar refractivity (Wildman–Crippen MR) is 86.0 cm³/mol. The normalized spacial score (nSPS) is 26.0. The molecule has 3 rings (SSSR count). The summed E-state index contributed by atoms with van der Waals surface area (Å²) in [6, 6.07) is 16.9. The fourth-order valence-corrected chi connectivity index (χ4v) is 3.56. The zero-order valence-corrected chi connectivity index (χ0v) is 12.8. The Labute approximate surface area is 131 Å². The number of benzene rings is 2. The first-order chi connectivity index (χ1) is 10.6. The average Bonchev–Trinajstić information content (AvgIpc) is 2.49. The van der Waals surface area contributed by atoms with Crippen LogP contribution in [0.1, 0.15) is 24.0 Å². The summed E-state index contributed by atoms with van der Waals surface area (Å²) in [7, 11) is 0. The fourth-order valence-electron chi connectivity index (χ4n) is 3.56. The van der Waals surface area contributed by atoms with Gasteiger partial charge in [0.2, 0.25) is 0 Å². The summed E-state index contributed by atoms with van der Waals surface area (Å²) in [5.74, 6) is 0.179. The molecule has 1 N–H and O–H groups in total. The molecule has 3 atom stereocenters. The second-order valence-electron chi connectivity index (χ2n) is 6.30. The molecule has 0 radical (unpaired) electrons. The molecule has 1 saturated heterocycles. The van der Waals surface area contributed by atoms with E-state index in [4.69, 9.17) is 0 Å². The standard InChI is InChI=1S/C19H22FNO/c1-14-11-21(12-15-5-3-2-4-6-15)13-18(22)19(14)16-7-9-17(20)10-8-16/h2-10,14,18-19,22H,11-13H2,1H3/t14-,18-,19+/m0/s1. The molecular formula is C19H22FNO. The summed E-state index contributed by atoms with van der Waals surface area (Å²) in [5, 5.41) is 10.6. The molecule has 0 spiro atoms. The Kier molecular flexibility index (Phi) is 4.55. The summed E-state index contributed by atoms with van der Waals surface area (Å²) in [5.41, 5.74) is 2.29. The van der Waals surface area contributed by atoms with Gasteiger partial charge in [0.1, 0.15) is 5.82 Å². The Balaban J connectivity index is 1.70. The maximum Gasteiger partial charge on any atom is 0.123 e. The molecular weight excluding hydrogens is 277 g/mol. The summed E-state index contributed by atoms with van der Waals surface area (Å²) in [6.07, 6.45) is -0.419. The van der Waals surface area contributed by atoms with E-state index in [1.807, 2.05) is 18.2 Å². The number of piperidine rings is 1. The number of halogens is 1. The van der Waals surface area contributed by atoms with Crippen LogP contribution in [0.15, 0.2) is 54.6 Å². The minimum absolute atomic E-state index is 0.0765. The molecule has 1 aliphatic heterocycles. The van der Waals surface area contributed by atoms with Gasteiger partial charge >= 0.3 is 0 Å². The van der Waals surface area contributed by atoms with Gasteiger partial charge in [0.25, 0.3) is 0 Å². The van der Waals surface area contributed by atoms with Crippen molar-refractivity contribution >= 4 is 0 Å². The zero-order valence-electron chi connectivity index (χ0n) is 12.8. The number of rotatable bonds is 3. The van der Waals surface area contributed by atoms with Crippen molar-refractivity contribution in [1.29, 1.82) is 0 Å². The van der Waals surface area contributed by atoms with Gasteiger partial charge in [-0.25, -0.2) is 4.39 Å². The number of likely N-dealkylation sites (tertiary alicyclic amines) is 1. The molecule has 0 aliphatic carbocycles. The molecule has 3 heteroatoms. The quantitative estimate of drug-likeness (QED) is 0.938. The summed E-state index contributed by atoms with van der Waals surface area (Å²) >= 11 is 0. The van der Waals surface area contributed by atoms with Crippen LogP contribution in [0, 0.1) is 11.7 Å². The van der Waals surface area contributed by atoms with E-state index < -0.39 is 6.10 Å². The zero-order chi connectivity index (χ0) is 15.5. The van der Waals surface area contributed by atoms with Crippen molar-refractivity contribution in [1.82, 2.24) is 4.90 Å². The molecule has 2 aromatic rings. The van der Waals surface area contributed by atoms with Gasteiger partial charge in [-0.15, -0.1) is 0 Å². The maximum atomic E-state index is 13.1. The number of hydrogen-bond acceptors (Lipinski definition) is 2. The first kappa shape index (κ1) is 15.2. The first-order valence-corrected chi connectivity index (χ1v) is 7.83. The van der Waals surface area contributed by atoms with E-state index in [0.29, 0.717) is 12.5 Å². The van der Waals surface area contributed by atoms with Crippen LogP contribution < -0.4 is 0 Å². The third-order valence-electron chi connectivity index (χ3n) is 4.52. The molecule has 0 amide bonds. The monoisotopic (exact) mass is 299 g/mol. The molecule has 1 fully saturated rings. The highest BCUT2D eigenvalue weighted by atomic mass is 19.1. The van der Waals surface area contributed by atoms with Crippen LogP contribution in [-0.4, -0.2) is 29.2 Å². The van der Waals surface area contributed by atoms with Crippen molar-refractivity contribution in [3.8, 4) is 0 Å². The van der Waals surface area contributed by atoms with Crippen molar-refractivity contribution in [2.75, 3.05) is 13.1 Å². The Morgan fingerprint density at radius 1 is 1.05 bits per heavy atom. The van der Waals surface area contributed by atoms with E-state index in [0.717, 1.165) is 18.7 Å². The van der Waals surface area contributed by atoms with E-state index in [-0.39, 0.29) is 11.7 Å². The lowest BCUT2D eigenvalue weighted by Gasteiger charge is -2.40. The Bertz CT molecular complexity index is 587. The topological polar surface area (TPSA) is 23.5 Å². The summed E-state index contributed by atoms with van der Waals surface area (Å²) < 4.78 is 13.1. The van der Waals surface area contributed by atoms with E-state index >= 15 is 0 Å². The maximum absolute atomic E-state index is 13.1. The van der Waals surface area contributed by atoms with Crippen LogP contribution in [0.4, 0.5) is 4.39 Å². The van der Waals surface area contributed by atoms with Crippen LogP contribution in [-0.2, 0) is 6.54 Å². The Hall–Kier alpha value is -1.71. The SMILES string of the molecule is C[C@H]1CN(Cc2ccccc2)C[C@H](O)[C@H]1c1ccc(F)cc1. The van der Waals surface area contributed by atoms with Crippen LogP contribution in [0.5, 0.6) is 0 Å². The van der Waals surface area contributed by atoms with E-state index in [2.05, 4.69) is 24.0 Å². The second-order valence-corrected chi connectivity index (χ2v) is 6.30. The van der Waals surface area contributed by atoms with Gasteiger partial charge in [-0.3, -0.25) is 4.90 Å². The molecule has 0 aromatic heterocycles. The number of aliphatic hydroxyl groups excluding tert-OH is 1. The number of nitrogens with zero attached hydrogens (tertiary/aromatic N) is 1. The molecule has 0 unspecified atom stereocenters. The van der Waals surface area contributed by atoms with E-state index in [1.54, 1.807) is 12.1 Å². The molecule has 22 heavy (non-hydrogen) atoms. The van der Waals surface area contributed by atoms with Gasteiger partial charge < -0.3 is 5.11 Å². The molecule has 2 nitrogen and oxygen atoms in total. The van der Waals surface area contributed by atoms with Crippen molar-refractivity contribution in [2.24, 2.45) is 5.92 Å². The Morgan fingerprint density at radius 2 is 1.73 bits per heavy atom. The molecule has 0 bridgehead atoms. The van der Waals surface area contributed by atoms with Crippen LogP contribution in [0.2, 0.25) is 0 Å². The van der Waals surface area contributed by atoms with Gasteiger partial charge in [-0.05, 0) is 29.2 Å². The first-order valence-electron chi connectivity index (χ1n) is 7.83. The molecule has 2 aromatic carbocycles. The van der Waals surface area contributed by atoms with Gasteiger partial charge in [0, 0.05) is 25.6 Å².